The van der Waals surface area contributed by atoms with Gasteiger partial charge in [0.15, 0.2) is 0 Å². The van der Waals surface area contributed by atoms with E-state index >= 15 is 0 Å². The molecule has 0 radical (unpaired) electrons. The highest BCUT2D eigenvalue weighted by atomic mass is 32.1. The molecule has 1 saturated heterocycles. The molecule has 4 N–H and O–H groups in total. The molecule has 0 saturated carbocycles. The number of likely N-dealkylation sites (tertiary alicyclic amines) is 1. The number of hydrogen-bond acceptors (Lipinski definition) is 4. The third-order valence-corrected chi connectivity index (χ3v) is 5.32. The number of carbonyl (C=O) groups excluding carboxylic acids is 1. The molecule has 2 aromatic rings. The van der Waals surface area contributed by atoms with Gasteiger partial charge in [0.1, 0.15) is 4.88 Å². The fraction of sp³-hybridized carbons (Fsp3) is 0.400. The van der Waals surface area contributed by atoms with Gasteiger partial charge < -0.3 is 16.4 Å². The van der Waals surface area contributed by atoms with E-state index in [0.29, 0.717) is 10.6 Å². The van der Waals surface area contributed by atoms with E-state index in [4.69, 9.17) is 11.5 Å². The van der Waals surface area contributed by atoms with Crippen LogP contribution in [0.15, 0.2) is 18.2 Å². The van der Waals surface area contributed by atoms with Crippen LogP contribution in [-0.2, 0) is 0 Å². The van der Waals surface area contributed by atoms with Crippen molar-refractivity contribution in [2.24, 2.45) is 5.73 Å². The number of amides is 1. The van der Waals surface area contributed by atoms with Crippen molar-refractivity contribution < 1.29 is 4.79 Å². The lowest BCUT2D eigenvalue weighted by molar-refractivity contribution is 0.0720. The zero-order valence-electron chi connectivity index (χ0n) is 11.6. The number of aryl methyl sites for hydroxylation is 1. The highest BCUT2D eigenvalue weighted by Gasteiger charge is 2.25. The minimum absolute atomic E-state index is 0.0509. The van der Waals surface area contributed by atoms with Crippen molar-refractivity contribution in [3.8, 4) is 0 Å². The van der Waals surface area contributed by atoms with Gasteiger partial charge in [-0.05, 0) is 25.3 Å². The monoisotopic (exact) mass is 289 g/mol. The van der Waals surface area contributed by atoms with E-state index in [9.17, 15) is 4.79 Å². The summed E-state index contributed by atoms with van der Waals surface area (Å²) in [4.78, 5) is 15.2. The fourth-order valence-electron chi connectivity index (χ4n) is 2.68. The van der Waals surface area contributed by atoms with Crippen molar-refractivity contribution in [2.75, 3.05) is 18.8 Å². The van der Waals surface area contributed by atoms with E-state index in [1.54, 1.807) is 0 Å². The predicted octanol–water partition coefficient (Wildman–Crippen LogP) is 2.36. The number of anilines is 1. The lowest BCUT2D eigenvalue weighted by Crippen LogP contribution is -2.42. The molecule has 0 unspecified atom stereocenters. The van der Waals surface area contributed by atoms with Crippen molar-refractivity contribution in [3.63, 3.8) is 0 Å². The zero-order valence-corrected chi connectivity index (χ0v) is 12.4. The van der Waals surface area contributed by atoms with E-state index in [1.165, 1.54) is 16.9 Å². The molecule has 1 aliphatic rings. The first kappa shape index (κ1) is 13.4. The Balaban J connectivity index is 1.96. The largest absolute Gasteiger partial charge is 0.397 e. The molecule has 1 fully saturated rings. The standard InChI is InChI=1S/C15H19N3OS/c1-9-3-2-4-11-12(17)14(20-13(9)11)15(19)18-7-5-10(16)6-8-18/h2-4,10H,5-8,16-17H2,1H3. The maximum absolute atomic E-state index is 12.6. The van der Waals surface area contributed by atoms with Gasteiger partial charge in [-0.15, -0.1) is 11.3 Å². The number of fused-ring (bicyclic) bond motifs is 1. The van der Waals surface area contributed by atoms with E-state index in [-0.39, 0.29) is 11.9 Å². The Morgan fingerprint density at radius 3 is 2.70 bits per heavy atom. The van der Waals surface area contributed by atoms with Crippen molar-refractivity contribution in [1.29, 1.82) is 0 Å². The van der Waals surface area contributed by atoms with Crippen molar-refractivity contribution in [1.82, 2.24) is 4.90 Å². The number of thiophene rings is 1. The van der Waals surface area contributed by atoms with Crippen LogP contribution in [0.25, 0.3) is 10.1 Å². The van der Waals surface area contributed by atoms with Gasteiger partial charge in [-0.25, -0.2) is 0 Å². The highest BCUT2D eigenvalue weighted by Crippen LogP contribution is 2.36. The fourth-order valence-corrected chi connectivity index (χ4v) is 3.84. The van der Waals surface area contributed by atoms with E-state index in [1.807, 2.05) is 30.0 Å². The Labute approximate surface area is 122 Å². The molecular weight excluding hydrogens is 270 g/mol. The lowest BCUT2D eigenvalue weighted by Gasteiger charge is -2.29. The van der Waals surface area contributed by atoms with Crippen LogP contribution in [0, 0.1) is 6.92 Å². The zero-order chi connectivity index (χ0) is 14.3. The molecule has 0 atom stereocenters. The summed E-state index contributed by atoms with van der Waals surface area (Å²) in [6, 6.07) is 6.24. The van der Waals surface area contributed by atoms with Crippen LogP contribution in [-0.4, -0.2) is 29.9 Å². The van der Waals surface area contributed by atoms with Gasteiger partial charge in [0, 0.05) is 29.2 Å². The molecule has 0 aliphatic carbocycles. The molecule has 1 amide bonds. The third-order valence-electron chi connectivity index (χ3n) is 3.97. The molecule has 2 heterocycles. The van der Waals surface area contributed by atoms with Crippen molar-refractivity contribution >= 4 is 33.0 Å². The number of nitrogens with zero attached hydrogens (tertiary/aromatic N) is 1. The molecule has 1 aliphatic heterocycles. The van der Waals surface area contributed by atoms with Crippen LogP contribution in [0.3, 0.4) is 0 Å². The molecule has 1 aromatic carbocycles. The minimum atomic E-state index is 0.0509. The van der Waals surface area contributed by atoms with Gasteiger partial charge >= 0.3 is 0 Å². The van der Waals surface area contributed by atoms with Crippen LogP contribution in [0.5, 0.6) is 0 Å². The van der Waals surface area contributed by atoms with Gasteiger partial charge in [-0.2, -0.15) is 0 Å². The van der Waals surface area contributed by atoms with Gasteiger partial charge in [-0.3, -0.25) is 4.79 Å². The van der Waals surface area contributed by atoms with E-state index < -0.39 is 0 Å². The lowest BCUT2D eigenvalue weighted by atomic mass is 10.1. The normalized spacial score (nSPS) is 16.8. The molecule has 1 aromatic heterocycles. The van der Waals surface area contributed by atoms with Gasteiger partial charge in [0.05, 0.1) is 5.69 Å². The molecule has 3 rings (SSSR count). The molecule has 0 spiro atoms. The maximum atomic E-state index is 12.6. The summed E-state index contributed by atoms with van der Waals surface area (Å²) < 4.78 is 1.11. The van der Waals surface area contributed by atoms with Crippen LogP contribution in [0.4, 0.5) is 5.69 Å². The number of benzene rings is 1. The number of piperidine rings is 1. The summed E-state index contributed by atoms with van der Waals surface area (Å²) in [5.41, 5.74) is 13.9. The number of hydrogen-bond donors (Lipinski definition) is 2. The van der Waals surface area contributed by atoms with E-state index in [0.717, 1.165) is 36.0 Å². The average molecular weight is 289 g/mol. The summed E-state index contributed by atoms with van der Waals surface area (Å²) in [5, 5.41) is 0.993. The SMILES string of the molecule is Cc1cccc2c(N)c(C(=O)N3CCC(N)CC3)sc12. The Kier molecular flexibility index (Phi) is 3.40. The average Bonchev–Trinajstić information content (AvgIpc) is 2.78. The van der Waals surface area contributed by atoms with Crippen molar-refractivity contribution in [2.45, 2.75) is 25.8 Å². The Bertz CT molecular complexity index is 656. The minimum Gasteiger partial charge on any atom is -0.397 e. The van der Waals surface area contributed by atoms with Crippen LogP contribution >= 0.6 is 11.3 Å². The molecular formula is C15H19N3OS. The van der Waals surface area contributed by atoms with Crippen LogP contribution < -0.4 is 11.5 Å². The summed E-state index contributed by atoms with van der Waals surface area (Å²) in [6.45, 7) is 3.51. The molecule has 5 heteroatoms. The number of nitrogens with two attached hydrogens (primary N) is 2. The predicted molar refractivity (Wildman–Crippen MR) is 84.1 cm³/mol. The quantitative estimate of drug-likeness (QED) is 0.846. The Morgan fingerprint density at radius 1 is 1.35 bits per heavy atom. The topological polar surface area (TPSA) is 72.4 Å². The molecule has 20 heavy (non-hydrogen) atoms. The summed E-state index contributed by atoms with van der Waals surface area (Å²) in [6.07, 6.45) is 1.74. The molecule has 0 bridgehead atoms. The summed E-state index contributed by atoms with van der Waals surface area (Å²) in [5.74, 6) is 0.0509. The first-order valence-corrected chi connectivity index (χ1v) is 7.72. The molecule has 4 nitrogen and oxygen atoms in total. The van der Waals surface area contributed by atoms with Gasteiger partial charge in [-0.1, -0.05) is 18.2 Å². The first-order valence-electron chi connectivity index (χ1n) is 6.90. The van der Waals surface area contributed by atoms with Crippen molar-refractivity contribution in [3.05, 3.63) is 28.6 Å². The second-order valence-corrected chi connectivity index (χ2v) is 6.45. The van der Waals surface area contributed by atoms with Gasteiger partial charge in [0.2, 0.25) is 0 Å². The van der Waals surface area contributed by atoms with E-state index in [2.05, 4.69) is 0 Å². The van der Waals surface area contributed by atoms with Crippen LogP contribution in [0.2, 0.25) is 0 Å². The summed E-state index contributed by atoms with van der Waals surface area (Å²) in [7, 11) is 0. The Morgan fingerprint density at radius 2 is 2.05 bits per heavy atom. The summed E-state index contributed by atoms with van der Waals surface area (Å²) >= 11 is 1.51. The first-order chi connectivity index (χ1) is 9.58. The maximum Gasteiger partial charge on any atom is 0.266 e. The highest BCUT2D eigenvalue weighted by molar-refractivity contribution is 7.21. The number of nitrogen functional groups attached to an aromatic ring is 1. The van der Waals surface area contributed by atoms with Crippen LogP contribution in [0.1, 0.15) is 28.1 Å². The number of carbonyl (C=O) groups is 1. The smallest absolute Gasteiger partial charge is 0.266 e. The Hall–Kier alpha value is -1.59. The molecule has 106 valence electrons. The second kappa shape index (κ2) is 5.07. The second-order valence-electron chi connectivity index (χ2n) is 5.43. The van der Waals surface area contributed by atoms with Gasteiger partial charge in [0.25, 0.3) is 5.91 Å². The third kappa shape index (κ3) is 2.17. The number of rotatable bonds is 1.